The van der Waals surface area contributed by atoms with Gasteiger partial charge in [-0.3, -0.25) is 9.79 Å². The number of nitrogens with two attached hydrogens (primary N) is 1. The van der Waals surface area contributed by atoms with Crippen molar-refractivity contribution in [2.75, 3.05) is 25.5 Å². The summed E-state index contributed by atoms with van der Waals surface area (Å²) in [5.74, 6) is -1.05. The second kappa shape index (κ2) is 12.0. The molecule has 1 aliphatic heterocycles. The molecule has 4 N–H and O–H groups in total. The fourth-order valence-electron chi connectivity index (χ4n) is 3.94. The van der Waals surface area contributed by atoms with E-state index in [1.807, 2.05) is 0 Å². The molecule has 1 atom stereocenters. The quantitative estimate of drug-likeness (QED) is 0.349. The van der Waals surface area contributed by atoms with Gasteiger partial charge >= 0.3 is 5.97 Å². The Kier molecular flexibility index (Phi) is 8.80. The van der Waals surface area contributed by atoms with Gasteiger partial charge in [-0.1, -0.05) is 12.1 Å². The number of ether oxygens (including phenoxy) is 1. The zero-order chi connectivity index (χ0) is 23.6. The van der Waals surface area contributed by atoms with Crippen LogP contribution >= 0.6 is 0 Å². The maximum absolute atomic E-state index is 14.2. The molecule has 0 bridgehead atoms. The number of unbranched alkanes of at least 4 members (excludes halogenated alkanes) is 1. The number of hydrogen-bond donors (Lipinski definition) is 3. The smallest absolute Gasteiger partial charge is 0.304 e. The Balaban J connectivity index is 1.56. The standard InChI is InChI=1S/C25H31FN4O3/c1-33-23-10-8-18(13-22(23)26)21(14-24(31)32)19(15-27)16-28-11-3-2-6-20-9-7-17-5-4-12-29-25(17)30-20/h7-10,13,15-16,21H,2-6,11-12,14,27H2,1H3,(H,29,30)(H,31,32). The van der Waals surface area contributed by atoms with E-state index in [0.717, 1.165) is 50.2 Å². The lowest BCUT2D eigenvalue weighted by molar-refractivity contribution is -0.137. The van der Waals surface area contributed by atoms with Gasteiger partial charge in [0.25, 0.3) is 0 Å². The molecule has 1 aliphatic rings. The number of methoxy groups -OCH3 is 1. The number of aliphatic carboxylic acids is 1. The van der Waals surface area contributed by atoms with Gasteiger partial charge in [0.05, 0.1) is 13.5 Å². The van der Waals surface area contributed by atoms with E-state index >= 15 is 0 Å². The molecule has 0 saturated carbocycles. The van der Waals surface area contributed by atoms with Gasteiger partial charge in [0.2, 0.25) is 0 Å². The molecule has 1 unspecified atom stereocenters. The van der Waals surface area contributed by atoms with Crippen molar-refractivity contribution in [3.05, 3.63) is 64.7 Å². The first-order chi connectivity index (χ1) is 16.0. The van der Waals surface area contributed by atoms with Crippen molar-refractivity contribution in [1.82, 2.24) is 4.98 Å². The first-order valence-corrected chi connectivity index (χ1v) is 11.2. The van der Waals surface area contributed by atoms with Gasteiger partial charge in [-0.25, -0.2) is 9.37 Å². The lowest BCUT2D eigenvalue weighted by Gasteiger charge is -2.17. The third-order valence-electron chi connectivity index (χ3n) is 5.71. The van der Waals surface area contributed by atoms with Crippen LogP contribution in [0.4, 0.5) is 10.2 Å². The van der Waals surface area contributed by atoms with Crippen molar-refractivity contribution in [3.8, 4) is 5.75 Å². The fourth-order valence-corrected chi connectivity index (χ4v) is 3.94. The minimum Gasteiger partial charge on any atom is -0.494 e. The number of carboxylic acids is 1. The van der Waals surface area contributed by atoms with Crippen LogP contribution in [0.25, 0.3) is 0 Å². The normalized spacial score (nSPS) is 14.5. The zero-order valence-corrected chi connectivity index (χ0v) is 18.9. The van der Waals surface area contributed by atoms with Gasteiger partial charge in [0.15, 0.2) is 11.6 Å². The number of aliphatic imine (C=N–C) groups is 1. The van der Waals surface area contributed by atoms with Crippen molar-refractivity contribution in [3.63, 3.8) is 0 Å². The lowest BCUT2D eigenvalue weighted by Crippen LogP contribution is -2.14. The molecule has 33 heavy (non-hydrogen) atoms. The van der Waals surface area contributed by atoms with Crippen molar-refractivity contribution >= 4 is 18.0 Å². The SMILES string of the molecule is COc1ccc(C(CC(=O)O)C(C=NCCCCc2ccc3c(n2)NCCC3)=CN)cc1F. The molecule has 0 radical (unpaired) electrons. The predicted octanol–water partition coefficient (Wildman–Crippen LogP) is 4.08. The van der Waals surface area contributed by atoms with Gasteiger partial charge in [0, 0.05) is 30.9 Å². The van der Waals surface area contributed by atoms with Crippen LogP contribution in [0.2, 0.25) is 0 Å². The van der Waals surface area contributed by atoms with Gasteiger partial charge in [0.1, 0.15) is 5.82 Å². The van der Waals surface area contributed by atoms with Crippen molar-refractivity contribution < 1.29 is 19.0 Å². The largest absolute Gasteiger partial charge is 0.494 e. The molecule has 0 fully saturated rings. The number of pyridine rings is 1. The summed E-state index contributed by atoms with van der Waals surface area (Å²) in [7, 11) is 1.38. The highest BCUT2D eigenvalue weighted by Gasteiger charge is 2.21. The molecule has 2 aromatic rings. The van der Waals surface area contributed by atoms with Crippen LogP contribution in [0, 0.1) is 5.82 Å². The van der Waals surface area contributed by atoms with E-state index in [-0.39, 0.29) is 12.2 Å². The first kappa shape index (κ1) is 24.2. The van der Waals surface area contributed by atoms with Gasteiger partial charge in [-0.2, -0.15) is 0 Å². The van der Waals surface area contributed by atoms with E-state index in [4.69, 9.17) is 15.5 Å². The minimum atomic E-state index is -1.00. The third kappa shape index (κ3) is 6.78. The van der Waals surface area contributed by atoms with Crippen molar-refractivity contribution in [2.45, 2.75) is 44.4 Å². The Morgan fingerprint density at radius 1 is 1.36 bits per heavy atom. The number of aromatic nitrogens is 1. The molecule has 2 heterocycles. The van der Waals surface area contributed by atoms with E-state index in [9.17, 15) is 14.3 Å². The minimum absolute atomic E-state index is 0.101. The molecular formula is C25H31FN4O3. The monoisotopic (exact) mass is 454 g/mol. The number of fused-ring (bicyclic) bond motifs is 1. The number of aryl methyl sites for hydroxylation is 2. The summed E-state index contributed by atoms with van der Waals surface area (Å²) in [5.41, 5.74) is 9.16. The number of nitrogens with zero attached hydrogens (tertiary/aromatic N) is 2. The zero-order valence-electron chi connectivity index (χ0n) is 18.9. The van der Waals surface area contributed by atoms with Crippen LogP contribution in [0.5, 0.6) is 5.75 Å². The molecule has 176 valence electrons. The first-order valence-electron chi connectivity index (χ1n) is 11.2. The summed E-state index contributed by atoms with van der Waals surface area (Å²) in [6, 6.07) is 8.66. The van der Waals surface area contributed by atoms with Crippen LogP contribution in [0.1, 0.15) is 48.4 Å². The summed E-state index contributed by atoms with van der Waals surface area (Å²) >= 11 is 0. The summed E-state index contributed by atoms with van der Waals surface area (Å²) in [5, 5.41) is 12.7. The van der Waals surface area contributed by atoms with Crippen LogP contribution in [0.3, 0.4) is 0 Å². The summed E-state index contributed by atoms with van der Waals surface area (Å²) < 4.78 is 19.1. The third-order valence-corrected chi connectivity index (χ3v) is 5.71. The molecule has 0 saturated heterocycles. The molecule has 1 aromatic heterocycles. The fraction of sp³-hybridized carbons (Fsp3) is 0.400. The van der Waals surface area contributed by atoms with Gasteiger partial charge in [-0.05, 0) is 73.2 Å². The van der Waals surface area contributed by atoms with Crippen LogP contribution in [0.15, 0.2) is 47.1 Å². The number of carbonyl (C=O) groups is 1. The lowest BCUT2D eigenvalue weighted by atomic mass is 9.89. The molecule has 0 aliphatic carbocycles. The topological polar surface area (TPSA) is 110 Å². The van der Waals surface area contributed by atoms with E-state index in [2.05, 4.69) is 22.4 Å². The van der Waals surface area contributed by atoms with Crippen LogP contribution < -0.4 is 15.8 Å². The Hall–Kier alpha value is -3.42. The predicted molar refractivity (Wildman–Crippen MR) is 128 cm³/mol. The molecular weight excluding hydrogens is 423 g/mol. The Morgan fingerprint density at radius 3 is 2.94 bits per heavy atom. The highest BCUT2D eigenvalue weighted by atomic mass is 19.1. The molecule has 1 aromatic carbocycles. The molecule has 0 spiro atoms. The number of allylic oxidation sites excluding steroid dienone is 1. The van der Waals surface area contributed by atoms with E-state index < -0.39 is 17.7 Å². The summed E-state index contributed by atoms with van der Waals surface area (Å²) in [6.07, 6.45) is 7.60. The number of halogens is 1. The van der Waals surface area contributed by atoms with Crippen molar-refractivity contribution in [2.24, 2.45) is 10.7 Å². The second-order valence-corrected chi connectivity index (χ2v) is 8.04. The maximum Gasteiger partial charge on any atom is 0.304 e. The maximum atomic E-state index is 14.2. The van der Waals surface area contributed by atoms with Crippen molar-refractivity contribution in [1.29, 1.82) is 0 Å². The van der Waals surface area contributed by atoms with Gasteiger partial charge < -0.3 is 20.9 Å². The molecule has 3 rings (SSSR count). The number of hydrogen-bond acceptors (Lipinski definition) is 6. The molecule has 7 nitrogen and oxygen atoms in total. The summed E-state index contributed by atoms with van der Waals surface area (Å²) in [4.78, 5) is 20.6. The number of rotatable bonds is 11. The highest BCUT2D eigenvalue weighted by Crippen LogP contribution is 2.30. The van der Waals surface area contributed by atoms with E-state index in [1.165, 1.54) is 31.0 Å². The average molecular weight is 455 g/mol. The number of benzene rings is 1. The Labute approximate surface area is 193 Å². The number of anilines is 1. The highest BCUT2D eigenvalue weighted by molar-refractivity contribution is 5.83. The molecule has 8 heteroatoms. The Bertz CT molecular complexity index is 1020. The average Bonchev–Trinajstić information content (AvgIpc) is 2.82. The van der Waals surface area contributed by atoms with E-state index in [1.54, 1.807) is 12.3 Å². The summed E-state index contributed by atoms with van der Waals surface area (Å²) in [6.45, 7) is 1.55. The van der Waals surface area contributed by atoms with E-state index in [0.29, 0.717) is 17.7 Å². The number of nitrogens with one attached hydrogen (secondary N) is 1. The Morgan fingerprint density at radius 2 is 2.21 bits per heavy atom. The van der Waals surface area contributed by atoms with Gasteiger partial charge in [-0.15, -0.1) is 0 Å². The van der Waals surface area contributed by atoms with Crippen LogP contribution in [-0.2, 0) is 17.6 Å². The molecule has 0 amide bonds. The second-order valence-electron chi connectivity index (χ2n) is 8.04. The number of carboxylic acid groups (broad SMARTS) is 1. The van der Waals surface area contributed by atoms with Crippen LogP contribution in [-0.4, -0.2) is 42.5 Å².